The number of hydrogen-bond acceptors (Lipinski definition) is 2. The Labute approximate surface area is 103 Å². The first kappa shape index (κ1) is 12.3. The van der Waals surface area contributed by atoms with Crippen molar-refractivity contribution in [1.29, 1.82) is 0 Å². The average Bonchev–Trinajstić information content (AvgIpc) is 2.34. The number of halogens is 1. The highest BCUT2D eigenvalue weighted by Crippen LogP contribution is 2.25. The molecule has 1 aromatic heterocycles. The molecule has 2 nitrogen and oxygen atoms in total. The topological polar surface area (TPSA) is 16.1 Å². The van der Waals surface area contributed by atoms with Crippen LogP contribution in [0.3, 0.4) is 0 Å². The first-order valence-corrected chi connectivity index (χ1v) is 6.58. The molecule has 1 saturated heterocycles. The Morgan fingerprint density at radius 3 is 2.65 bits per heavy atom. The highest BCUT2D eigenvalue weighted by Gasteiger charge is 2.19. The van der Waals surface area contributed by atoms with Gasteiger partial charge in [-0.25, -0.2) is 4.98 Å². The molecule has 0 bridgehead atoms. The number of rotatable bonds is 3. The monoisotopic (exact) mass is 236 g/mol. The summed E-state index contributed by atoms with van der Waals surface area (Å²) >= 11 is 0. The van der Waals surface area contributed by atoms with Gasteiger partial charge in [-0.05, 0) is 31.7 Å². The highest BCUT2D eigenvalue weighted by molar-refractivity contribution is 5.39. The molecule has 0 amide bonds. The predicted octanol–water partition coefficient (Wildman–Crippen LogP) is 3.55. The Morgan fingerprint density at radius 1 is 1.35 bits per heavy atom. The molecule has 0 aromatic carbocycles. The van der Waals surface area contributed by atoms with Gasteiger partial charge >= 0.3 is 0 Å². The summed E-state index contributed by atoms with van der Waals surface area (Å²) in [6.45, 7) is 6.02. The molecule has 0 spiro atoms. The van der Waals surface area contributed by atoms with Crippen molar-refractivity contribution in [2.75, 3.05) is 18.0 Å². The number of anilines is 1. The van der Waals surface area contributed by atoms with Crippen molar-refractivity contribution in [2.24, 2.45) is 5.92 Å². The van der Waals surface area contributed by atoms with E-state index in [4.69, 9.17) is 0 Å². The van der Waals surface area contributed by atoms with Gasteiger partial charge < -0.3 is 4.90 Å². The molecule has 3 heteroatoms. The van der Waals surface area contributed by atoms with Crippen molar-refractivity contribution in [3.8, 4) is 0 Å². The van der Waals surface area contributed by atoms with E-state index in [0.717, 1.165) is 24.8 Å². The van der Waals surface area contributed by atoms with Crippen LogP contribution in [0.5, 0.6) is 0 Å². The van der Waals surface area contributed by atoms with Crippen LogP contribution in [0.2, 0.25) is 0 Å². The Hall–Kier alpha value is -1.12. The molecule has 2 rings (SSSR count). The van der Waals surface area contributed by atoms with Crippen LogP contribution in [0.15, 0.2) is 12.1 Å². The molecule has 0 unspecified atom stereocenters. The van der Waals surface area contributed by atoms with Gasteiger partial charge in [0.2, 0.25) is 5.95 Å². The largest absolute Gasteiger partial charge is 0.357 e. The molecule has 1 fully saturated rings. The lowest BCUT2D eigenvalue weighted by Gasteiger charge is -2.32. The Morgan fingerprint density at radius 2 is 2.06 bits per heavy atom. The lowest BCUT2D eigenvalue weighted by molar-refractivity contribution is 0.376. The van der Waals surface area contributed by atoms with E-state index in [2.05, 4.69) is 16.8 Å². The molecule has 0 aliphatic carbocycles. The molecule has 1 aliphatic heterocycles. The highest BCUT2D eigenvalue weighted by atomic mass is 19.1. The number of piperidine rings is 1. The third-order valence-corrected chi connectivity index (χ3v) is 3.66. The zero-order valence-electron chi connectivity index (χ0n) is 10.7. The maximum absolute atomic E-state index is 13.4. The minimum atomic E-state index is -0.335. The Balaban J connectivity index is 1.98. The zero-order chi connectivity index (χ0) is 12.3. The maximum Gasteiger partial charge on any atom is 0.217 e. The van der Waals surface area contributed by atoms with Crippen LogP contribution in [0, 0.1) is 18.8 Å². The molecule has 94 valence electrons. The average molecular weight is 236 g/mol. The van der Waals surface area contributed by atoms with E-state index in [1.54, 1.807) is 6.92 Å². The SMILES string of the molecule is CCCC1CCN(c2ccc(C)c(F)n2)CC1. The van der Waals surface area contributed by atoms with Gasteiger partial charge in [-0.15, -0.1) is 0 Å². The summed E-state index contributed by atoms with van der Waals surface area (Å²) in [4.78, 5) is 6.23. The van der Waals surface area contributed by atoms with E-state index < -0.39 is 0 Å². The van der Waals surface area contributed by atoms with E-state index >= 15 is 0 Å². The van der Waals surface area contributed by atoms with Gasteiger partial charge in [0.05, 0.1) is 0 Å². The Kier molecular flexibility index (Phi) is 3.97. The van der Waals surface area contributed by atoms with Crippen molar-refractivity contribution in [3.05, 3.63) is 23.6 Å². The van der Waals surface area contributed by atoms with E-state index in [0.29, 0.717) is 5.56 Å². The predicted molar refractivity (Wildman–Crippen MR) is 68.8 cm³/mol. The Bertz CT molecular complexity index is 370. The summed E-state index contributed by atoms with van der Waals surface area (Å²) in [7, 11) is 0. The molecule has 0 saturated carbocycles. The first-order chi connectivity index (χ1) is 8.20. The summed E-state index contributed by atoms with van der Waals surface area (Å²) in [5.74, 6) is 1.31. The van der Waals surface area contributed by atoms with Crippen molar-refractivity contribution in [3.63, 3.8) is 0 Å². The minimum absolute atomic E-state index is 0.335. The quantitative estimate of drug-likeness (QED) is 0.746. The molecule has 17 heavy (non-hydrogen) atoms. The van der Waals surface area contributed by atoms with Crippen LogP contribution in [-0.2, 0) is 0 Å². The second-order valence-corrected chi connectivity index (χ2v) is 5.00. The maximum atomic E-state index is 13.4. The number of aromatic nitrogens is 1. The van der Waals surface area contributed by atoms with E-state index in [1.807, 2.05) is 12.1 Å². The summed E-state index contributed by atoms with van der Waals surface area (Å²) in [5.41, 5.74) is 0.620. The first-order valence-electron chi connectivity index (χ1n) is 6.58. The lowest BCUT2D eigenvalue weighted by Crippen LogP contribution is -2.34. The van der Waals surface area contributed by atoms with Gasteiger partial charge in [0, 0.05) is 18.7 Å². The van der Waals surface area contributed by atoms with Crippen LogP contribution in [-0.4, -0.2) is 18.1 Å². The third-order valence-electron chi connectivity index (χ3n) is 3.66. The van der Waals surface area contributed by atoms with E-state index in [-0.39, 0.29) is 5.95 Å². The molecule has 1 aliphatic rings. The second-order valence-electron chi connectivity index (χ2n) is 5.00. The zero-order valence-corrected chi connectivity index (χ0v) is 10.7. The fourth-order valence-electron chi connectivity index (χ4n) is 2.53. The molecule has 0 radical (unpaired) electrons. The smallest absolute Gasteiger partial charge is 0.217 e. The summed E-state index contributed by atoms with van der Waals surface area (Å²) in [6.07, 6.45) is 5.02. The molecular formula is C14H21FN2. The van der Waals surface area contributed by atoms with E-state index in [9.17, 15) is 4.39 Å². The van der Waals surface area contributed by atoms with Crippen LogP contribution in [0.25, 0.3) is 0 Å². The van der Waals surface area contributed by atoms with Gasteiger partial charge in [-0.1, -0.05) is 25.8 Å². The van der Waals surface area contributed by atoms with Crippen molar-refractivity contribution >= 4 is 5.82 Å². The van der Waals surface area contributed by atoms with Crippen LogP contribution in [0.4, 0.5) is 10.2 Å². The molecular weight excluding hydrogens is 215 g/mol. The number of pyridine rings is 1. The third kappa shape index (κ3) is 2.96. The fraction of sp³-hybridized carbons (Fsp3) is 0.643. The second kappa shape index (κ2) is 5.48. The molecule has 1 aromatic rings. The molecule has 2 heterocycles. The van der Waals surface area contributed by atoms with Gasteiger partial charge in [0.25, 0.3) is 0 Å². The summed E-state index contributed by atoms with van der Waals surface area (Å²) in [5, 5.41) is 0. The minimum Gasteiger partial charge on any atom is -0.357 e. The fourth-order valence-corrected chi connectivity index (χ4v) is 2.53. The van der Waals surface area contributed by atoms with Crippen LogP contribution >= 0.6 is 0 Å². The van der Waals surface area contributed by atoms with Gasteiger partial charge in [-0.2, -0.15) is 4.39 Å². The lowest BCUT2D eigenvalue weighted by atomic mass is 9.92. The van der Waals surface area contributed by atoms with Crippen molar-refractivity contribution in [1.82, 2.24) is 4.98 Å². The summed E-state index contributed by atoms with van der Waals surface area (Å²) < 4.78 is 13.4. The summed E-state index contributed by atoms with van der Waals surface area (Å²) in [6, 6.07) is 3.74. The molecule has 0 N–H and O–H groups in total. The van der Waals surface area contributed by atoms with Gasteiger partial charge in [0.15, 0.2) is 0 Å². The van der Waals surface area contributed by atoms with Crippen molar-refractivity contribution in [2.45, 2.75) is 39.5 Å². The van der Waals surface area contributed by atoms with Gasteiger partial charge in [0.1, 0.15) is 5.82 Å². The number of nitrogens with zero attached hydrogens (tertiary/aromatic N) is 2. The van der Waals surface area contributed by atoms with Crippen molar-refractivity contribution < 1.29 is 4.39 Å². The number of aryl methyl sites for hydroxylation is 1. The van der Waals surface area contributed by atoms with Crippen LogP contribution < -0.4 is 4.90 Å². The van der Waals surface area contributed by atoms with Gasteiger partial charge in [-0.3, -0.25) is 0 Å². The standard InChI is InChI=1S/C14H21FN2/c1-3-4-12-7-9-17(10-8-12)13-6-5-11(2)14(15)16-13/h5-6,12H,3-4,7-10H2,1-2H3. The normalized spacial score (nSPS) is 17.5. The van der Waals surface area contributed by atoms with E-state index in [1.165, 1.54) is 25.7 Å². The molecule has 0 atom stereocenters. The van der Waals surface area contributed by atoms with Crippen LogP contribution in [0.1, 0.15) is 38.2 Å². The number of hydrogen-bond donors (Lipinski definition) is 0.